The third kappa shape index (κ3) is 2.24. The van der Waals surface area contributed by atoms with Crippen LogP contribution in [-0.4, -0.2) is 23.5 Å². The van der Waals surface area contributed by atoms with E-state index in [4.69, 9.17) is 0 Å². The Hall–Kier alpha value is -1.09. The molecule has 0 saturated heterocycles. The predicted molar refractivity (Wildman–Crippen MR) is 62.2 cm³/mol. The largest absolute Gasteiger partial charge is 0.435 e. The number of halogens is 4. The minimum atomic E-state index is -4.65. The Labute approximate surface area is 109 Å². The van der Waals surface area contributed by atoms with Crippen molar-refractivity contribution in [2.75, 3.05) is 6.26 Å². The van der Waals surface area contributed by atoms with Crippen LogP contribution in [0.4, 0.5) is 13.2 Å². The van der Waals surface area contributed by atoms with Crippen molar-refractivity contribution < 1.29 is 21.6 Å². The lowest BCUT2D eigenvalue weighted by molar-refractivity contribution is -0.140. The van der Waals surface area contributed by atoms with Crippen LogP contribution in [0.3, 0.4) is 0 Å². The number of hydrogen-bond donors (Lipinski definition) is 0. The van der Waals surface area contributed by atoms with Crippen molar-refractivity contribution in [3.05, 3.63) is 23.9 Å². The van der Waals surface area contributed by atoms with E-state index in [9.17, 15) is 21.6 Å². The first-order valence-corrected chi connectivity index (χ1v) is 7.17. The lowest BCUT2D eigenvalue weighted by Crippen LogP contribution is -2.06. The number of fused-ring (bicyclic) bond motifs is 1. The topological polar surface area (TPSA) is 52.0 Å². The Morgan fingerprint density at radius 3 is 2.44 bits per heavy atom. The molecule has 0 saturated carbocycles. The van der Waals surface area contributed by atoms with Crippen LogP contribution < -0.4 is 0 Å². The zero-order valence-electron chi connectivity index (χ0n) is 8.86. The van der Waals surface area contributed by atoms with Gasteiger partial charge in [0.1, 0.15) is 0 Å². The van der Waals surface area contributed by atoms with Gasteiger partial charge in [0.05, 0.1) is 26.6 Å². The second-order valence-electron chi connectivity index (χ2n) is 3.66. The normalized spacial score (nSPS) is 13.2. The van der Waals surface area contributed by atoms with Gasteiger partial charge in [0, 0.05) is 11.6 Å². The van der Waals surface area contributed by atoms with Crippen molar-refractivity contribution in [2.24, 2.45) is 0 Å². The Balaban J connectivity index is 2.83. The molecule has 0 atom stereocenters. The monoisotopic (exact) mass is 342 g/mol. The zero-order valence-corrected chi connectivity index (χ0v) is 11.3. The number of rotatable bonds is 1. The fraction of sp³-hybridized carbons (Fsp3) is 0.222. The van der Waals surface area contributed by atoms with Gasteiger partial charge in [0.25, 0.3) is 0 Å². The van der Waals surface area contributed by atoms with Gasteiger partial charge >= 0.3 is 6.18 Å². The highest BCUT2D eigenvalue weighted by molar-refractivity contribution is 9.08. The van der Waals surface area contributed by atoms with Gasteiger partial charge in [-0.05, 0) is 18.2 Å². The molecule has 9 heteroatoms. The zero-order chi connectivity index (χ0) is 13.7. The van der Waals surface area contributed by atoms with E-state index in [0.717, 1.165) is 16.0 Å². The first kappa shape index (κ1) is 13.3. The molecular formula is C9H6BrF3N2O2S. The summed E-state index contributed by atoms with van der Waals surface area (Å²) in [4.78, 5) is -0.180. The lowest BCUT2D eigenvalue weighted by atomic mass is 10.2. The first-order chi connectivity index (χ1) is 8.10. The smallest absolute Gasteiger partial charge is 0.224 e. The van der Waals surface area contributed by atoms with Crippen LogP contribution in [-0.2, 0) is 16.0 Å². The van der Waals surface area contributed by atoms with Crippen LogP contribution in [0.15, 0.2) is 23.1 Å². The third-order valence-electron chi connectivity index (χ3n) is 2.31. The van der Waals surface area contributed by atoms with Crippen LogP contribution in [0.25, 0.3) is 10.9 Å². The van der Waals surface area contributed by atoms with Crippen molar-refractivity contribution in [3.63, 3.8) is 0 Å². The van der Waals surface area contributed by atoms with E-state index in [-0.39, 0.29) is 15.8 Å². The van der Waals surface area contributed by atoms with Gasteiger partial charge in [-0.25, -0.2) is 8.42 Å². The molecule has 0 amide bonds. The molecule has 1 heterocycles. The Kier molecular flexibility index (Phi) is 2.93. The molecule has 0 aliphatic carbocycles. The molecule has 4 nitrogen and oxygen atoms in total. The highest BCUT2D eigenvalue weighted by Gasteiger charge is 2.37. The highest BCUT2D eigenvalue weighted by Crippen LogP contribution is 2.35. The molecule has 0 radical (unpaired) electrons. The molecule has 0 bridgehead atoms. The summed E-state index contributed by atoms with van der Waals surface area (Å²) >= 11 is 2.84. The Morgan fingerprint density at radius 1 is 1.33 bits per heavy atom. The van der Waals surface area contributed by atoms with Crippen LogP contribution in [0.2, 0.25) is 0 Å². The summed E-state index contributed by atoms with van der Waals surface area (Å²) in [5, 5.41) is 3.04. The van der Waals surface area contributed by atoms with Crippen molar-refractivity contribution in [1.82, 2.24) is 8.81 Å². The summed E-state index contributed by atoms with van der Waals surface area (Å²) in [7, 11) is -3.57. The average molecular weight is 343 g/mol. The Bertz CT molecular complexity index is 721. The number of sulfone groups is 1. The first-order valence-electron chi connectivity index (χ1n) is 4.57. The second-order valence-corrected chi connectivity index (χ2v) is 6.35. The SMILES string of the molecule is CS(=O)(=O)c1ccc2c(c1)c(C(F)(F)F)nn2Br. The molecule has 2 aromatic rings. The summed E-state index contributed by atoms with van der Waals surface area (Å²) in [6.45, 7) is 0. The van der Waals surface area contributed by atoms with E-state index in [1.165, 1.54) is 12.1 Å². The predicted octanol–water partition coefficient (Wildman–Crippen LogP) is 2.62. The molecular weight excluding hydrogens is 337 g/mol. The number of nitrogens with zero attached hydrogens (tertiary/aromatic N) is 2. The number of hydrogen-bond acceptors (Lipinski definition) is 3. The van der Waals surface area contributed by atoms with Crippen molar-refractivity contribution in [3.8, 4) is 0 Å². The molecule has 98 valence electrons. The maximum atomic E-state index is 12.7. The van der Waals surface area contributed by atoms with Gasteiger partial charge in [-0.1, -0.05) is 0 Å². The maximum Gasteiger partial charge on any atom is 0.435 e. The van der Waals surface area contributed by atoms with Crippen LogP contribution >= 0.6 is 16.1 Å². The number of aromatic nitrogens is 2. The van der Waals surface area contributed by atoms with Crippen molar-refractivity contribution >= 4 is 36.9 Å². The maximum absolute atomic E-state index is 12.7. The molecule has 0 aliphatic heterocycles. The van der Waals surface area contributed by atoms with E-state index >= 15 is 0 Å². The highest BCUT2D eigenvalue weighted by atomic mass is 79.9. The lowest BCUT2D eigenvalue weighted by Gasteiger charge is -2.03. The minimum Gasteiger partial charge on any atom is -0.224 e. The van der Waals surface area contributed by atoms with Crippen LogP contribution in [0.5, 0.6) is 0 Å². The molecule has 1 aromatic heterocycles. The van der Waals surface area contributed by atoms with E-state index in [2.05, 4.69) is 21.2 Å². The van der Waals surface area contributed by atoms with E-state index < -0.39 is 21.7 Å². The van der Waals surface area contributed by atoms with Crippen LogP contribution in [0, 0.1) is 0 Å². The van der Waals surface area contributed by atoms with Gasteiger partial charge in [-0.15, -0.1) is 0 Å². The number of benzene rings is 1. The van der Waals surface area contributed by atoms with Crippen molar-refractivity contribution in [1.29, 1.82) is 0 Å². The van der Waals surface area contributed by atoms with Crippen LogP contribution in [0.1, 0.15) is 5.69 Å². The Morgan fingerprint density at radius 2 is 1.94 bits per heavy atom. The molecule has 2 rings (SSSR count). The van der Waals surface area contributed by atoms with E-state index in [1.54, 1.807) is 0 Å². The van der Waals surface area contributed by atoms with Gasteiger partial charge in [-0.2, -0.15) is 22.0 Å². The standard InChI is InChI=1S/C9H6BrF3N2O2S/c1-18(16,17)5-2-3-7-6(4-5)8(9(11,12)13)14-15(7)10/h2-4H,1H3. The minimum absolute atomic E-state index is 0.148. The fourth-order valence-corrected chi connectivity index (χ4v) is 2.62. The molecule has 0 fully saturated rings. The molecule has 18 heavy (non-hydrogen) atoms. The van der Waals surface area contributed by atoms with Gasteiger partial charge in [0.15, 0.2) is 15.5 Å². The molecule has 0 N–H and O–H groups in total. The van der Waals surface area contributed by atoms with Gasteiger partial charge in [0.2, 0.25) is 0 Å². The summed E-state index contributed by atoms with van der Waals surface area (Å²) in [6.07, 6.45) is -3.71. The van der Waals surface area contributed by atoms with E-state index in [0.29, 0.717) is 0 Å². The third-order valence-corrected chi connectivity index (χ3v) is 3.96. The average Bonchev–Trinajstić information content (AvgIpc) is 2.54. The van der Waals surface area contributed by atoms with E-state index in [1.807, 2.05) is 0 Å². The summed E-state index contributed by atoms with van der Waals surface area (Å²) in [5.41, 5.74) is -0.977. The molecule has 0 aliphatic rings. The second kappa shape index (κ2) is 3.95. The molecule has 0 spiro atoms. The van der Waals surface area contributed by atoms with Gasteiger partial charge < -0.3 is 0 Å². The summed E-state index contributed by atoms with van der Waals surface area (Å²) in [6, 6.07) is 3.47. The summed E-state index contributed by atoms with van der Waals surface area (Å²) in [5.74, 6) is 0. The van der Waals surface area contributed by atoms with Crippen molar-refractivity contribution in [2.45, 2.75) is 11.1 Å². The summed E-state index contributed by atoms with van der Waals surface area (Å²) < 4.78 is 61.7. The molecule has 1 aromatic carbocycles. The number of alkyl halides is 3. The van der Waals surface area contributed by atoms with Gasteiger partial charge in [-0.3, -0.25) is 0 Å². The quantitative estimate of drug-likeness (QED) is 0.800. The molecule has 0 unspecified atom stereocenters. The fourth-order valence-electron chi connectivity index (χ4n) is 1.50.